The van der Waals surface area contributed by atoms with Crippen molar-refractivity contribution < 1.29 is 19.2 Å². The Labute approximate surface area is 191 Å². The van der Waals surface area contributed by atoms with Crippen LogP contribution in [0.5, 0.6) is 11.5 Å². The molecule has 0 spiro atoms. The first-order valence-corrected chi connectivity index (χ1v) is 10.3. The molecule has 0 fully saturated rings. The van der Waals surface area contributed by atoms with Gasteiger partial charge in [0.25, 0.3) is 5.69 Å². The number of hydrogen-bond acceptors (Lipinski definition) is 6. The van der Waals surface area contributed by atoms with Gasteiger partial charge in [-0.3, -0.25) is 19.9 Å². The Morgan fingerprint density at radius 2 is 1.67 bits per heavy atom. The van der Waals surface area contributed by atoms with E-state index in [-0.39, 0.29) is 18.1 Å². The number of ether oxygens (including phenoxy) is 2. The van der Waals surface area contributed by atoms with Crippen LogP contribution in [0.2, 0.25) is 0 Å². The average Bonchev–Trinajstić information content (AvgIpc) is 2.94. The van der Waals surface area contributed by atoms with E-state index in [2.05, 4.69) is 4.99 Å². The summed E-state index contributed by atoms with van der Waals surface area (Å²) >= 11 is 0. The Kier molecular flexibility index (Phi) is 5.83. The summed E-state index contributed by atoms with van der Waals surface area (Å²) < 4.78 is 11.1. The number of likely N-dealkylation sites (N-methyl/N-ethyl adjacent to an activating group) is 1. The van der Waals surface area contributed by atoms with Gasteiger partial charge >= 0.3 is 0 Å². The number of rotatable bonds is 5. The normalized spacial score (nSPS) is 13.2. The molecule has 0 saturated heterocycles. The second-order valence-corrected chi connectivity index (χ2v) is 7.65. The van der Waals surface area contributed by atoms with E-state index in [1.165, 1.54) is 6.07 Å². The first-order valence-electron chi connectivity index (χ1n) is 10.3. The van der Waals surface area contributed by atoms with Gasteiger partial charge in [0.1, 0.15) is 18.0 Å². The quantitative estimate of drug-likeness (QED) is 0.429. The molecule has 33 heavy (non-hydrogen) atoms. The summed E-state index contributed by atoms with van der Waals surface area (Å²) in [5, 5.41) is 11.5. The van der Waals surface area contributed by atoms with Gasteiger partial charge in [0.15, 0.2) is 0 Å². The van der Waals surface area contributed by atoms with Crippen LogP contribution in [0.1, 0.15) is 16.7 Å². The maximum atomic E-state index is 12.6. The molecule has 168 valence electrons. The highest BCUT2D eigenvalue weighted by Crippen LogP contribution is 2.40. The first kappa shape index (κ1) is 22.0. The van der Waals surface area contributed by atoms with Crippen molar-refractivity contribution in [1.29, 1.82) is 0 Å². The molecule has 1 aliphatic rings. The Morgan fingerprint density at radius 1 is 1.00 bits per heavy atom. The molecule has 0 saturated carbocycles. The molecular formula is C25H23N3O5. The Hall–Kier alpha value is -4.20. The zero-order chi connectivity index (χ0) is 23.7. The molecular weight excluding hydrogens is 422 g/mol. The predicted molar refractivity (Wildman–Crippen MR) is 127 cm³/mol. The number of hydrogen-bond donors (Lipinski definition) is 0. The molecule has 0 unspecified atom stereocenters. The lowest BCUT2D eigenvalue weighted by molar-refractivity contribution is -0.385. The molecule has 3 aromatic rings. The van der Waals surface area contributed by atoms with Gasteiger partial charge in [-0.15, -0.1) is 0 Å². The van der Waals surface area contributed by atoms with Gasteiger partial charge in [0, 0.05) is 29.8 Å². The number of aliphatic imine (C=N–C) groups is 1. The summed E-state index contributed by atoms with van der Waals surface area (Å²) in [4.78, 5) is 29.8. The van der Waals surface area contributed by atoms with Crippen molar-refractivity contribution in [3.05, 3.63) is 81.4 Å². The zero-order valence-corrected chi connectivity index (χ0v) is 18.8. The number of benzodiazepines with no additional fused rings is 1. The number of carbonyl (C=O) groups excluding carboxylic acids is 1. The lowest BCUT2D eigenvalue weighted by atomic mass is 9.94. The van der Waals surface area contributed by atoms with E-state index in [1.54, 1.807) is 45.2 Å². The summed E-state index contributed by atoms with van der Waals surface area (Å²) in [5.74, 6) is 1.10. The van der Waals surface area contributed by atoms with Crippen LogP contribution in [0.4, 0.5) is 11.4 Å². The van der Waals surface area contributed by atoms with Gasteiger partial charge in [-0.05, 0) is 36.8 Å². The van der Waals surface area contributed by atoms with Crippen molar-refractivity contribution in [2.75, 3.05) is 32.7 Å². The van der Waals surface area contributed by atoms with Gasteiger partial charge in [-0.25, -0.2) is 0 Å². The average molecular weight is 445 g/mol. The summed E-state index contributed by atoms with van der Waals surface area (Å²) in [7, 11) is 4.87. The van der Waals surface area contributed by atoms with E-state index >= 15 is 0 Å². The lowest BCUT2D eigenvalue weighted by Gasteiger charge is -2.20. The number of nitrogens with zero attached hydrogens (tertiary/aromatic N) is 3. The predicted octanol–water partition coefficient (Wildman–Crippen LogP) is 4.40. The molecule has 8 heteroatoms. The molecule has 0 radical (unpaired) electrons. The van der Waals surface area contributed by atoms with Crippen LogP contribution < -0.4 is 14.4 Å². The number of nitro benzene ring substituents is 1. The number of nitro groups is 1. The van der Waals surface area contributed by atoms with Crippen molar-refractivity contribution in [2.45, 2.75) is 6.92 Å². The third-order valence-electron chi connectivity index (χ3n) is 5.76. The number of carbonyl (C=O) groups is 1. The summed E-state index contributed by atoms with van der Waals surface area (Å²) in [6.45, 7) is 1.63. The van der Waals surface area contributed by atoms with Gasteiger partial charge in [0.2, 0.25) is 5.91 Å². The SMILES string of the molecule is COc1cccc(OC)c1-c1ccc2c(c1)C(c1ccc(C)c([N+](=O)[O-])c1)=NCC(=O)N2C. The zero-order valence-electron chi connectivity index (χ0n) is 18.8. The number of methoxy groups -OCH3 is 2. The molecule has 1 heterocycles. The fraction of sp³-hybridized carbons (Fsp3) is 0.200. The van der Waals surface area contributed by atoms with Gasteiger partial charge in [0.05, 0.1) is 36.1 Å². The van der Waals surface area contributed by atoms with E-state index in [9.17, 15) is 14.9 Å². The van der Waals surface area contributed by atoms with Crippen LogP contribution in [-0.4, -0.2) is 44.4 Å². The third kappa shape index (κ3) is 3.91. The monoisotopic (exact) mass is 445 g/mol. The second kappa shape index (κ2) is 8.74. The van der Waals surface area contributed by atoms with Crippen LogP contribution in [0.3, 0.4) is 0 Å². The van der Waals surface area contributed by atoms with Crippen molar-refractivity contribution >= 4 is 23.0 Å². The molecule has 0 aliphatic carbocycles. The van der Waals surface area contributed by atoms with E-state index in [0.717, 1.165) is 11.1 Å². The Balaban J connectivity index is 1.97. The topological polar surface area (TPSA) is 94.3 Å². The van der Waals surface area contributed by atoms with Crippen molar-refractivity contribution in [3.63, 3.8) is 0 Å². The number of aryl methyl sites for hydroxylation is 1. The molecule has 3 aromatic carbocycles. The molecule has 8 nitrogen and oxygen atoms in total. The maximum absolute atomic E-state index is 12.6. The number of fused-ring (bicyclic) bond motifs is 1. The molecule has 1 amide bonds. The summed E-state index contributed by atoms with van der Waals surface area (Å²) in [6, 6.07) is 16.2. The highest BCUT2D eigenvalue weighted by atomic mass is 16.6. The second-order valence-electron chi connectivity index (χ2n) is 7.65. The van der Waals surface area contributed by atoms with Crippen LogP contribution in [0.15, 0.2) is 59.6 Å². The van der Waals surface area contributed by atoms with Crippen molar-refractivity contribution in [1.82, 2.24) is 0 Å². The fourth-order valence-corrected chi connectivity index (χ4v) is 3.98. The van der Waals surface area contributed by atoms with E-state index in [1.807, 2.05) is 36.4 Å². The van der Waals surface area contributed by atoms with E-state index < -0.39 is 4.92 Å². The number of benzene rings is 3. The third-order valence-corrected chi connectivity index (χ3v) is 5.76. The molecule has 0 aromatic heterocycles. The molecule has 0 bridgehead atoms. The van der Waals surface area contributed by atoms with E-state index in [4.69, 9.17) is 9.47 Å². The van der Waals surface area contributed by atoms with Gasteiger partial charge in [-0.1, -0.05) is 24.3 Å². The smallest absolute Gasteiger partial charge is 0.272 e. The molecule has 0 atom stereocenters. The standard InChI is InChI=1S/C25H23N3O5/c1-15-8-9-17(13-20(15)28(30)31)25-18-12-16(10-11-19(18)27(2)23(29)14-26-25)24-21(32-3)6-5-7-22(24)33-4/h5-13H,14H2,1-4H3. The minimum absolute atomic E-state index is 0.00299. The van der Waals surface area contributed by atoms with Gasteiger partial charge in [-0.2, -0.15) is 0 Å². The minimum Gasteiger partial charge on any atom is -0.496 e. The fourth-order valence-electron chi connectivity index (χ4n) is 3.98. The van der Waals surface area contributed by atoms with Crippen LogP contribution in [0, 0.1) is 17.0 Å². The lowest BCUT2D eigenvalue weighted by Crippen LogP contribution is -2.27. The number of anilines is 1. The highest BCUT2D eigenvalue weighted by molar-refractivity contribution is 6.20. The van der Waals surface area contributed by atoms with Gasteiger partial charge < -0.3 is 14.4 Å². The van der Waals surface area contributed by atoms with Crippen LogP contribution in [-0.2, 0) is 4.79 Å². The summed E-state index contributed by atoms with van der Waals surface area (Å²) in [6.07, 6.45) is 0. The molecule has 4 rings (SSSR count). The molecule has 0 N–H and O–H groups in total. The van der Waals surface area contributed by atoms with Crippen molar-refractivity contribution in [3.8, 4) is 22.6 Å². The van der Waals surface area contributed by atoms with Crippen molar-refractivity contribution in [2.24, 2.45) is 4.99 Å². The Bertz CT molecular complexity index is 1280. The number of amides is 1. The summed E-state index contributed by atoms with van der Waals surface area (Å²) in [5.41, 5.74) is 4.56. The Morgan fingerprint density at radius 3 is 2.30 bits per heavy atom. The largest absolute Gasteiger partial charge is 0.496 e. The molecule has 1 aliphatic heterocycles. The van der Waals surface area contributed by atoms with E-state index in [0.29, 0.717) is 39.6 Å². The van der Waals surface area contributed by atoms with Crippen LogP contribution >= 0.6 is 0 Å². The first-order chi connectivity index (χ1) is 15.8. The highest BCUT2D eigenvalue weighted by Gasteiger charge is 2.25. The maximum Gasteiger partial charge on any atom is 0.272 e. The minimum atomic E-state index is -0.412. The van der Waals surface area contributed by atoms with Crippen LogP contribution in [0.25, 0.3) is 11.1 Å².